The highest BCUT2D eigenvalue weighted by Gasteiger charge is 2.09. The molecule has 9 heteroatoms. The van der Waals surface area contributed by atoms with Crippen molar-refractivity contribution in [2.45, 2.75) is 6.42 Å². The van der Waals surface area contributed by atoms with Crippen LogP contribution in [-0.2, 0) is 16.0 Å². The predicted octanol–water partition coefficient (Wildman–Crippen LogP) is 1.45. The standard InChI is InChI=1S/C18H16FN5O3/c19-15-8-13(3-6-16(15)24-11-21-10-22-24)23-18(26)9-27-14-4-1-12(2-5-14)7-17(20)25/h1-6,8,10-11H,7,9H2,(H2,20,25)(H,23,26). The Kier molecular flexibility index (Phi) is 5.41. The Morgan fingerprint density at radius 1 is 1.19 bits per heavy atom. The normalized spacial score (nSPS) is 10.4. The Labute approximate surface area is 153 Å². The molecule has 0 saturated heterocycles. The molecule has 0 aliphatic carbocycles. The molecule has 27 heavy (non-hydrogen) atoms. The molecular weight excluding hydrogens is 353 g/mol. The summed E-state index contributed by atoms with van der Waals surface area (Å²) in [5, 5.41) is 6.41. The molecule has 3 rings (SSSR count). The van der Waals surface area contributed by atoms with Crippen molar-refractivity contribution in [1.82, 2.24) is 14.8 Å². The lowest BCUT2D eigenvalue weighted by Gasteiger charge is -2.09. The van der Waals surface area contributed by atoms with Crippen LogP contribution in [0.25, 0.3) is 5.69 Å². The fourth-order valence-electron chi connectivity index (χ4n) is 2.35. The van der Waals surface area contributed by atoms with Gasteiger partial charge in [-0.25, -0.2) is 14.1 Å². The second-order valence-electron chi connectivity index (χ2n) is 5.63. The number of hydrogen-bond donors (Lipinski definition) is 2. The van der Waals surface area contributed by atoms with E-state index < -0.39 is 17.6 Å². The van der Waals surface area contributed by atoms with Crippen molar-refractivity contribution in [2.24, 2.45) is 5.73 Å². The fraction of sp³-hybridized carbons (Fsp3) is 0.111. The van der Waals surface area contributed by atoms with Crippen LogP contribution < -0.4 is 15.8 Å². The number of nitrogens with zero attached hydrogens (tertiary/aromatic N) is 3. The third-order valence-electron chi connectivity index (χ3n) is 3.57. The number of anilines is 1. The molecule has 1 aromatic heterocycles. The van der Waals surface area contributed by atoms with Gasteiger partial charge in [0.05, 0.1) is 6.42 Å². The zero-order valence-electron chi connectivity index (χ0n) is 14.1. The number of benzene rings is 2. The lowest BCUT2D eigenvalue weighted by Crippen LogP contribution is -2.20. The van der Waals surface area contributed by atoms with Crippen LogP contribution >= 0.6 is 0 Å². The summed E-state index contributed by atoms with van der Waals surface area (Å²) in [7, 11) is 0. The van der Waals surface area contributed by atoms with Gasteiger partial charge < -0.3 is 15.8 Å². The van der Waals surface area contributed by atoms with Crippen molar-refractivity contribution in [3.8, 4) is 11.4 Å². The quantitative estimate of drug-likeness (QED) is 0.655. The number of amides is 2. The molecule has 0 bridgehead atoms. The SMILES string of the molecule is NC(=O)Cc1ccc(OCC(=O)Nc2ccc(-n3cncn3)c(F)c2)cc1. The molecular formula is C18H16FN5O3. The van der Waals surface area contributed by atoms with Crippen LogP contribution in [0.2, 0.25) is 0 Å². The van der Waals surface area contributed by atoms with E-state index in [9.17, 15) is 14.0 Å². The molecule has 0 fully saturated rings. The maximum atomic E-state index is 14.1. The van der Waals surface area contributed by atoms with Crippen molar-refractivity contribution in [3.63, 3.8) is 0 Å². The number of ether oxygens (including phenoxy) is 1. The molecule has 2 aromatic carbocycles. The summed E-state index contributed by atoms with van der Waals surface area (Å²) in [4.78, 5) is 26.6. The maximum Gasteiger partial charge on any atom is 0.262 e. The van der Waals surface area contributed by atoms with Crippen molar-refractivity contribution in [2.75, 3.05) is 11.9 Å². The lowest BCUT2D eigenvalue weighted by atomic mass is 10.1. The van der Waals surface area contributed by atoms with E-state index in [1.807, 2.05) is 0 Å². The first-order valence-corrected chi connectivity index (χ1v) is 7.96. The Morgan fingerprint density at radius 3 is 2.59 bits per heavy atom. The summed E-state index contributed by atoms with van der Waals surface area (Å²) in [5.74, 6) is -0.954. The zero-order valence-corrected chi connectivity index (χ0v) is 14.1. The third-order valence-corrected chi connectivity index (χ3v) is 3.57. The van der Waals surface area contributed by atoms with Crippen LogP contribution in [0.15, 0.2) is 55.1 Å². The number of nitrogens with two attached hydrogens (primary N) is 1. The Morgan fingerprint density at radius 2 is 1.96 bits per heavy atom. The van der Waals surface area contributed by atoms with Gasteiger partial charge in [0.1, 0.15) is 24.1 Å². The van der Waals surface area contributed by atoms with Crippen LogP contribution in [0, 0.1) is 5.82 Å². The molecule has 0 atom stereocenters. The number of hydrogen-bond acceptors (Lipinski definition) is 5. The lowest BCUT2D eigenvalue weighted by molar-refractivity contribution is -0.118. The Hall–Kier alpha value is -3.75. The van der Waals surface area contributed by atoms with Crippen LogP contribution in [0.4, 0.5) is 10.1 Å². The van der Waals surface area contributed by atoms with Crippen LogP contribution in [-0.4, -0.2) is 33.2 Å². The minimum atomic E-state index is -0.552. The first-order valence-electron chi connectivity index (χ1n) is 7.96. The molecule has 3 aromatic rings. The van der Waals surface area contributed by atoms with E-state index in [0.29, 0.717) is 11.4 Å². The number of carbonyl (C=O) groups is 2. The summed E-state index contributed by atoms with van der Waals surface area (Å²) in [6.45, 7) is -0.248. The van der Waals surface area contributed by atoms with Crippen LogP contribution in [0.3, 0.4) is 0 Å². The number of nitrogens with one attached hydrogen (secondary N) is 1. The van der Waals surface area contributed by atoms with Gasteiger partial charge in [0.2, 0.25) is 5.91 Å². The molecule has 0 aliphatic rings. The average Bonchev–Trinajstić information content (AvgIpc) is 3.15. The molecule has 0 spiro atoms. The highest BCUT2D eigenvalue weighted by Crippen LogP contribution is 2.17. The van der Waals surface area contributed by atoms with Crippen molar-refractivity contribution >= 4 is 17.5 Å². The summed E-state index contributed by atoms with van der Waals surface area (Å²) in [6, 6.07) is 10.9. The largest absolute Gasteiger partial charge is 0.484 e. The summed E-state index contributed by atoms with van der Waals surface area (Å²) in [5.41, 5.74) is 6.39. The smallest absolute Gasteiger partial charge is 0.262 e. The average molecular weight is 369 g/mol. The zero-order chi connectivity index (χ0) is 19.2. The van der Waals surface area contributed by atoms with Gasteiger partial charge in [-0.1, -0.05) is 12.1 Å². The van der Waals surface area contributed by atoms with E-state index >= 15 is 0 Å². The third kappa shape index (κ3) is 4.88. The Bertz CT molecular complexity index is 942. The maximum absolute atomic E-state index is 14.1. The van der Waals surface area contributed by atoms with Gasteiger partial charge in [0.15, 0.2) is 12.4 Å². The first kappa shape index (κ1) is 18.1. The van der Waals surface area contributed by atoms with Crippen LogP contribution in [0.1, 0.15) is 5.56 Å². The van der Waals surface area contributed by atoms with Gasteiger partial charge in [-0.3, -0.25) is 9.59 Å². The molecule has 0 saturated carbocycles. The first-order chi connectivity index (χ1) is 13.0. The predicted molar refractivity (Wildman–Crippen MR) is 94.8 cm³/mol. The van der Waals surface area contributed by atoms with E-state index in [-0.39, 0.29) is 18.7 Å². The van der Waals surface area contributed by atoms with E-state index in [1.165, 1.54) is 29.5 Å². The van der Waals surface area contributed by atoms with Gasteiger partial charge in [0.25, 0.3) is 5.91 Å². The molecule has 0 unspecified atom stereocenters. The number of aromatic nitrogens is 3. The molecule has 0 aliphatic heterocycles. The molecule has 8 nitrogen and oxygen atoms in total. The van der Waals surface area contributed by atoms with E-state index in [1.54, 1.807) is 30.3 Å². The van der Waals surface area contributed by atoms with Gasteiger partial charge in [-0.05, 0) is 35.9 Å². The van der Waals surface area contributed by atoms with Crippen molar-refractivity contribution in [3.05, 3.63) is 66.5 Å². The minimum absolute atomic E-state index is 0.136. The number of primary amides is 1. The van der Waals surface area contributed by atoms with Gasteiger partial charge in [0, 0.05) is 5.69 Å². The summed E-state index contributed by atoms with van der Waals surface area (Å²) < 4.78 is 20.8. The summed E-state index contributed by atoms with van der Waals surface area (Å²) >= 11 is 0. The van der Waals surface area contributed by atoms with E-state index in [2.05, 4.69) is 15.4 Å². The van der Waals surface area contributed by atoms with Crippen molar-refractivity contribution < 1.29 is 18.7 Å². The minimum Gasteiger partial charge on any atom is -0.484 e. The number of halogens is 1. The highest BCUT2D eigenvalue weighted by molar-refractivity contribution is 5.92. The Balaban J connectivity index is 1.55. The molecule has 2 amide bonds. The van der Waals surface area contributed by atoms with Gasteiger partial charge >= 0.3 is 0 Å². The topological polar surface area (TPSA) is 112 Å². The van der Waals surface area contributed by atoms with E-state index in [0.717, 1.165) is 5.56 Å². The monoisotopic (exact) mass is 369 g/mol. The van der Waals surface area contributed by atoms with Gasteiger partial charge in [-0.15, -0.1) is 0 Å². The van der Waals surface area contributed by atoms with Crippen molar-refractivity contribution in [1.29, 1.82) is 0 Å². The molecule has 138 valence electrons. The van der Waals surface area contributed by atoms with Gasteiger partial charge in [-0.2, -0.15) is 5.10 Å². The van der Waals surface area contributed by atoms with E-state index in [4.69, 9.17) is 10.5 Å². The molecule has 1 heterocycles. The molecule has 3 N–H and O–H groups in total. The molecule has 0 radical (unpaired) electrons. The summed E-state index contributed by atoms with van der Waals surface area (Å²) in [6.07, 6.45) is 2.81. The second kappa shape index (κ2) is 8.09. The van der Waals surface area contributed by atoms with Crippen LogP contribution in [0.5, 0.6) is 5.75 Å². The highest BCUT2D eigenvalue weighted by atomic mass is 19.1. The second-order valence-corrected chi connectivity index (χ2v) is 5.63. The number of carbonyl (C=O) groups excluding carboxylic acids is 2. The number of rotatable bonds is 7. The fourth-order valence-corrected chi connectivity index (χ4v) is 2.35.